The second-order valence-corrected chi connectivity index (χ2v) is 5.59. The molecule has 0 bridgehead atoms. The number of hydrogen-bond donors (Lipinski definition) is 1. The van der Waals surface area contributed by atoms with E-state index in [2.05, 4.69) is 5.32 Å². The maximum Gasteiger partial charge on any atom is 0.292 e. The number of nitrogens with one attached hydrogen (secondary N) is 1. The summed E-state index contributed by atoms with van der Waals surface area (Å²) in [6.45, 7) is 3.62. The minimum Gasteiger partial charge on any atom is -0.326 e. The van der Waals surface area contributed by atoms with Crippen LogP contribution in [0.4, 0.5) is 5.69 Å². The van der Waals surface area contributed by atoms with Crippen molar-refractivity contribution in [3.05, 3.63) is 74.8 Å². The lowest BCUT2D eigenvalue weighted by Gasteiger charge is -2.11. The highest BCUT2D eigenvalue weighted by atomic mass is 16.6. The van der Waals surface area contributed by atoms with E-state index in [-0.39, 0.29) is 12.3 Å². The van der Waals surface area contributed by atoms with Crippen molar-refractivity contribution >= 4 is 17.9 Å². The molecule has 1 N–H and O–H groups in total. The number of carbonyl (C=O) groups excluding carboxylic acids is 2. The molecule has 6 heteroatoms. The molecule has 0 radical (unpaired) electrons. The molecule has 2 aromatic rings. The number of aldehydes is 1. The molecule has 0 aromatic heterocycles. The highest BCUT2D eigenvalue weighted by molar-refractivity contribution is 5.92. The van der Waals surface area contributed by atoms with Crippen molar-refractivity contribution in [1.82, 2.24) is 0 Å². The van der Waals surface area contributed by atoms with Crippen LogP contribution in [0, 0.1) is 24.0 Å². The van der Waals surface area contributed by atoms with E-state index in [1.165, 1.54) is 6.07 Å². The Morgan fingerprint density at radius 2 is 1.92 bits per heavy atom. The van der Waals surface area contributed by atoms with Gasteiger partial charge in [0.1, 0.15) is 0 Å². The van der Waals surface area contributed by atoms with Gasteiger partial charge in [-0.25, -0.2) is 0 Å². The second kappa shape index (κ2) is 7.50. The lowest BCUT2D eigenvalue weighted by atomic mass is 10.0. The summed E-state index contributed by atoms with van der Waals surface area (Å²) in [5, 5.41) is 13.7. The van der Waals surface area contributed by atoms with Crippen LogP contribution >= 0.6 is 0 Å². The Balaban J connectivity index is 2.12. The van der Waals surface area contributed by atoms with Crippen molar-refractivity contribution in [2.45, 2.75) is 26.3 Å². The van der Waals surface area contributed by atoms with Gasteiger partial charge in [0, 0.05) is 16.2 Å². The molecule has 0 aliphatic rings. The van der Waals surface area contributed by atoms with Crippen LogP contribution in [0.5, 0.6) is 0 Å². The van der Waals surface area contributed by atoms with Crippen molar-refractivity contribution < 1.29 is 14.5 Å². The highest BCUT2D eigenvalue weighted by Gasteiger charge is 2.23. The number of rotatable bonds is 6. The average Bonchev–Trinajstić information content (AvgIpc) is 2.52. The molecule has 0 fully saturated rings. The molecule has 0 spiro atoms. The predicted octanol–water partition coefficient (Wildman–Crippen LogP) is 3.00. The Morgan fingerprint density at radius 1 is 1.21 bits per heavy atom. The first-order valence-electron chi connectivity index (χ1n) is 7.46. The van der Waals surface area contributed by atoms with E-state index in [1.54, 1.807) is 19.1 Å². The number of carbonyl (C=O) groups is 2. The Bertz CT molecular complexity index is 786. The third-order valence-corrected chi connectivity index (χ3v) is 3.84. The second-order valence-electron chi connectivity index (χ2n) is 5.59. The summed E-state index contributed by atoms with van der Waals surface area (Å²) in [6, 6.07) is 10.9. The third kappa shape index (κ3) is 4.04. The van der Waals surface area contributed by atoms with Gasteiger partial charge < -0.3 is 5.32 Å². The molecule has 0 aliphatic heterocycles. The molecule has 0 aliphatic carbocycles. The minimum atomic E-state index is -1.39. The summed E-state index contributed by atoms with van der Waals surface area (Å²) < 4.78 is 0. The lowest BCUT2D eigenvalue weighted by Crippen LogP contribution is -2.16. The van der Waals surface area contributed by atoms with Crippen LogP contribution in [0.2, 0.25) is 0 Å². The van der Waals surface area contributed by atoms with Crippen LogP contribution < -0.4 is 5.32 Å². The van der Waals surface area contributed by atoms with Gasteiger partial charge >= 0.3 is 0 Å². The summed E-state index contributed by atoms with van der Waals surface area (Å²) in [6.07, 6.45) is 0.554. The number of aryl methyl sites for hydroxylation is 2. The Kier molecular flexibility index (Phi) is 5.42. The number of anilines is 1. The first kappa shape index (κ1) is 17.3. The summed E-state index contributed by atoms with van der Waals surface area (Å²) >= 11 is 0. The zero-order valence-electron chi connectivity index (χ0n) is 13.5. The van der Waals surface area contributed by atoms with E-state index >= 15 is 0 Å². The number of amides is 1. The molecule has 124 valence electrons. The standard InChI is InChI=1S/C18H18N2O4/c1-12-5-3-4-6-14(12)10-18(22)19-15-7-8-16(13(2)9-15)17(11-21)20(23)24/h3-9,11,17H,10H2,1-2H3,(H,19,22). The van der Waals surface area contributed by atoms with Gasteiger partial charge in [-0.15, -0.1) is 0 Å². The maximum absolute atomic E-state index is 12.2. The molecule has 2 rings (SSSR count). The van der Waals surface area contributed by atoms with Crippen LogP contribution in [-0.2, 0) is 16.0 Å². The fraction of sp³-hybridized carbons (Fsp3) is 0.222. The van der Waals surface area contributed by atoms with E-state index in [0.29, 0.717) is 23.1 Å². The number of hydrogen-bond acceptors (Lipinski definition) is 4. The van der Waals surface area contributed by atoms with Gasteiger partial charge in [-0.3, -0.25) is 19.7 Å². The van der Waals surface area contributed by atoms with Gasteiger partial charge in [0.05, 0.1) is 6.42 Å². The van der Waals surface area contributed by atoms with Gasteiger partial charge in [0.15, 0.2) is 6.29 Å². The molecule has 6 nitrogen and oxygen atoms in total. The van der Waals surface area contributed by atoms with Crippen LogP contribution in [-0.4, -0.2) is 17.1 Å². The normalized spacial score (nSPS) is 11.6. The first-order valence-corrected chi connectivity index (χ1v) is 7.46. The zero-order valence-corrected chi connectivity index (χ0v) is 13.5. The number of nitrogens with zero attached hydrogens (tertiary/aromatic N) is 1. The smallest absolute Gasteiger partial charge is 0.292 e. The van der Waals surface area contributed by atoms with Crippen LogP contribution in [0.15, 0.2) is 42.5 Å². The van der Waals surface area contributed by atoms with E-state index in [0.717, 1.165) is 11.1 Å². The fourth-order valence-corrected chi connectivity index (χ4v) is 2.51. The summed E-state index contributed by atoms with van der Waals surface area (Å²) in [7, 11) is 0. The molecule has 0 heterocycles. The molecule has 1 amide bonds. The van der Waals surface area contributed by atoms with Crippen molar-refractivity contribution in [2.24, 2.45) is 0 Å². The van der Waals surface area contributed by atoms with Gasteiger partial charge in [-0.05, 0) is 48.7 Å². The minimum absolute atomic E-state index is 0.169. The molecule has 24 heavy (non-hydrogen) atoms. The molecular weight excluding hydrogens is 308 g/mol. The summed E-state index contributed by atoms with van der Waals surface area (Å²) in [5.41, 5.74) is 3.43. The third-order valence-electron chi connectivity index (χ3n) is 3.84. The largest absolute Gasteiger partial charge is 0.326 e. The summed E-state index contributed by atoms with van der Waals surface area (Å²) in [5.74, 6) is -0.169. The summed E-state index contributed by atoms with van der Waals surface area (Å²) in [4.78, 5) is 33.3. The predicted molar refractivity (Wildman–Crippen MR) is 90.5 cm³/mol. The van der Waals surface area contributed by atoms with Crippen LogP contribution in [0.1, 0.15) is 28.3 Å². The van der Waals surface area contributed by atoms with Gasteiger partial charge in [0.25, 0.3) is 6.04 Å². The van der Waals surface area contributed by atoms with E-state index in [1.807, 2.05) is 31.2 Å². The molecular formula is C18H18N2O4. The SMILES string of the molecule is Cc1ccccc1CC(=O)Nc1ccc(C(C=O)[N+](=O)[O-])c(C)c1. The van der Waals surface area contributed by atoms with Gasteiger partial charge in [0.2, 0.25) is 5.91 Å². The molecule has 1 unspecified atom stereocenters. The number of benzene rings is 2. The molecule has 2 aromatic carbocycles. The monoisotopic (exact) mass is 326 g/mol. The van der Waals surface area contributed by atoms with Crippen molar-refractivity contribution in [2.75, 3.05) is 5.32 Å². The van der Waals surface area contributed by atoms with E-state index in [4.69, 9.17) is 0 Å². The Labute approximate surface area is 139 Å². The Hall–Kier alpha value is -3.02. The molecule has 0 saturated heterocycles. The van der Waals surface area contributed by atoms with Crippen LogP contribution in [0.25, 0.3) is 0 Å². The van der Waals surface area contributed by atoms with E-state index in [9.17, 15) is 19.7 Å². The zero-order chi connectivity index (χ0) is 17.7. The lowest BCUT2D eigenvalue weighted by molar-refractivity contribution is -0.511. The van der Waals surface area contributed by atoms with Crippen molar-refractivity contribution in [3.8, 4) is 0 Å². The Morgan fingerprint density at radius 3 is 2.50 bits per heavy atom. The fourth-order valence-electron chi connectivity index (χ4n) is 2.51. The molecule has 1 atom stereocenters. The first-order chi connectivity index (χ1) is 11.4. The van der Waals surface area contributed by atoms with Crippen LogP contribution in [0.3, 0.4) is 0 Å². The molecule has 0 saturated carbocycles. The highest BCUT2D eigenvalue weighted by Crippen LogP contribution is 2.22. The van der Waals surface area contributed by atoms with Crippen molar-refractivity contribution in [3.63, 3.8) is 0 Å². The van der Waals surface area contributed by atoms with Gasteiger partial charge in [-0.1, -0.05) is 24.3 Å². The van der Waals surface area contributed by atoms with Gasteiger partial charge in [-0.2, -0.15) is 0 Å². The average molecular weight is 326 g/mol. The quantitative estimate of drug-likeness (QED) is 0.502. The van der Waals surface area contributed by atoms with Crippen molar-refractivity contribution in [1.29, 1.82) is 0 Å². The number of nitro groups is 1. The van der Waals surface area contributed by atoms with E-state index < -0.39 is 11.0 Å². The maximum atomic E-state index is 12.2. The topological polar surface area (TPSA) is 89.3 Å².